The molecule has 1 aliphatic heterocycles. The van der Waals surface area contributed by atoms with Gasteiger partial charge < -0.3 is 20.5 Å². The quantitative estimate of drug-likeness (QED) is 0.304. The van der Waals surface area contributed by atoms with Gasteiger partial charge in [0.1, 0.15) is 0 Å². The molecule has 2 aromatic carbocycles. The van der Waals surface area contributed by atoms with Crippen LogP contribution in [-0.4, -0.2) is 61.5 Å². The predicted octanol–water partition coefficient (Wildman–Crippen LogP) is 2.86. The molecule has 0 saturated carbocycles. The highest BCUT2D eigenvalue weighted by Crippen LogP contribution is 2.07. The molecule has 6 nitrogen and oxygen atoms in total. The number of para-hydroxylation sites is 1. The molecule has 0 amide bonds. The molecule has 0 spiro atoms. The summed E-state index contributed by atoms with van der Waals surface area (Å²) in [6.45, 7) is 6.92. The van der Waals surface area contributed by atoms with Crippen molar-refractivity contribution in [1.29, 1.82) is 0 Å². The van der Waals surface area contributed by atoms with Crippen molar-refractivity contribution in [3.63, 3.8) is 0 Å². The molecule has 0 radical (unpaired) electrons. The van der Waals surface area contributed by atoms with Crippen molar-refractivity contribution >= 4 is 35.6 Å². The minimum atomic E-state index is -0.472. The molecule has 2 aromatic rings. The van der Waals surface area contributed by atoms with Crippen molar-refractivity contribution in [2.75, 3.05) is 44.7 Å². The lowest BCUT2D eigenvalue weighted by atomic mass is 10.1. The summed E-state index contributed by atoms with van der Waals surface area (Å²) in [4.78, 5) is 6.91. The van der Waals surface area contributed by atoms with Crippen LogP contribution in [0, 0.1) is 6.92 Å². The fourth-order valence-corrected chi connectivity index (χ4v) is 3.02. The lowest BCUT2D eigenvalue weighted by Crippen LogP contribution is -2.45. The number of aryl methyl sites for hydroxylation is 1. The Bertz CT molecular complexity index is 734. The number of aliphatic imine (C=N–C) groups is 1. The number of β-amino-alcohol motifs (C(OH)–C–C–N with tert-alkyl or cyclic N) is 1. The summed E-state index contributed by atoms with van der Waals surface area (Å²) in [7, 11) is 0. The Labute approximate surface area is 190 Å². The van der Waals surface area contributed by atoms with E-state index in [0.29, 0.717) is 25.6 Å². The smallest absolute Gasteiger partial charge is 0.196 e. The van der Waals surface area contributed by atoms with Gasteiger partial charge >= 0.3 is 0 Å². The van der Waals surface area contributed by atoms with Gasteiger partial charge in [-0.05, 0) is 24.6 Å². The summed E-state index contributed by atoms with van der Waals surface area (Å²) in [6, 6.07) is 18.3. The van der Waals surface area contributed by atoms with E-state index in [2.05, 4.69) is 51.7 Å². The van der Waals surface area contributed by atoms with E-state index >= 15 is 0 Å². The fourth-order valence-electron chi connectivity index (χ4n) is 3.02. The lowest BCUT2D eigenvalue weighted by Gasteiger charge is -2.28. The molecule has 1 aliphatic rings. The van der Waals surface area contributed by atoms with Crippen molar-refractivity contribution in [2.45, 2.75) is 19.6 Å². The maximum Gasteiger partial charge on any atom is 0.196 e. The Morgan fingerprint density at radius 2 is 1.79 bits per heavy atom. The van der Waals surface area contributed by atoms with Gasteiger partial charge in [0.05, 0.1) is 25.9 Å². The first-order valence-electron chi connectivity index (χ1n) is 9.83. The van der Waals surface area contributed by atoms with Crippen LogP contribution in [-0.2, 0) is 11.3 Å². The minimum absolute atomic E-state index is 0. The normalized spacial score (nSPS) is 16.0. The molecule has 1 atom stereocenters. The number of hydrogen-bond acceptors (Lipinski definition) is 4. The fraction of sp³-hybridized carbons (Fsp3) is 0.409. The molecule has 1 fully saturated rings. The number of nitrogens with one attached hydrogen (secondary N) is 2. The van der Waals surface area contributed by atoms with Crippen LogP contribution in [0.3, 0.4) is 0 Å². The SMILES string of the molecule is Cc1ccc(CN=C(NCC(O)CN2CCOCC2)Nc2ccccc2)cc1.I. The predicted molar refractivity (Wildman–Crippen MR) is 129 cm³/mol. The first-order valence-corrected chi connectivity index (χ1v) is 9.83. The number of ether oxygens (including phenoxy) is 1. The summed E-state index contributed by atoms with van der Waals surface area (Å²) in [5, 5.41) is 17.0. The summed E-state index contributed by atoms with van der Waals surface area (Å²) in [5.41, 5.74) is 3.34. The standard InChI is InChI=1S/C22H30N4O2.HI/c1-18-7-9-19(10-8-18)15-23-22(25-20-5-3-2-4-6-20)24-16-21(27)17-26-11-13-28-14-12-26;/h2-10,21,27H,11-17H2,1H3,(H2,23,24,25);1H. The average molecular weight is 510 g/mol. The van der Waals surface area contributed by atoms with Gasteiger partial charge in [0.15, 0.2) is 5.96 Å². The van der Waals surface area contributed by atoms with Gasteiger partial charge in [0.25, 0.3) is 0 Å². The van der Waals surface area contributed by atoms with E-state index in [1.165, 1.54) is 5.56 Å². The zero-order valence-electron chi connectivity index (χ0n) is 16.9. The number of benzene rings is 2. The second kappa shape index (κ2) is 12.8. The van der Waals surface area contributed by atoms with E-state index in [1.54, 1.807) is 0 Å². The Hall–Kier alpha value is -1.68. The van der Waals surface area contributed by atoms with Crippen LogP contribution >= 0.6 is 24.0 Å². The number of halogens is 1. The number of rotatable bonds is 7. The third-order valence-corrected chi connectivity index (χ3v) is 4.65. The van der Waals surface area contributed by atoms with E-state index in [4.69, 9.17) is 4.74 Å². The lowest BCUT2D eigenvalue weighted by molar-refractivity contribution is 0.0157. The molecule has 0 aromatic heterocycles. The van der Waals surface area contributed by atoms with Crippen LogP contribution in [0.4, 0.5) is 5.69 Å². The molecule has 1 unspecified atom stereocenters. The highest BCUT2D eigenvalue weighted by Gasteiger charge is 2.15. The van der Waals surface area contributed by atoms with Gasteiger partial charge in [-0.25, -0.2) is 4.99 Å². The maximum absolute atomic E-state index is 10.4. The number of hydrogen-bond donors (Lipinski definition) is 3. The topological polar surface area (TPSA) is 69.1 Å². The second-order valence-electron chi connectivity index (χ2n) is 7.09. The van der Waals surface area contributed by atoms with Crippen LogP contribution in [0.25, 0.3) is 0 Å². The van der Waals surface area contributed by atoms with Crippen molar-refractivity contribution in [2.24, 2.45) is 4.99 Å². The number of aliphatic hydroxyl groups excluding tert-OH is 1. The largest absolute Gasteiger partial charge is 0.390 e. The number of morpholine rings is 1. The molecule has 1 saturated heterocycles. The summed E-state index contributed by atoms with van der Waals surface area (Å²) in [6.07, 6.45) is -0.472. The molecular formula is C22H31IN4O2. The number of guanidine groups is 1. The number of nitrogens with zero attached hydrogens (tertiary/aromatic N) is 2. The molecule has 7 heteroatoms. The third-order valence-electron chi connectivity index (χ3n) is 4.65. The van der Waals surface area contributed by atoms with Crippen LogP contribution < -0.4 is 10.6 Å². The minimum Gasteiger partial charge on any atom is -0.390 e. The summed E-state index contributed by atoms with van der Waals surface area (Å²) >= 11 is 0. The van der Waals surface area contributed by atoms with Gasteiger partial charge in [-0.3, -0.25) is 4.90 Å². The van der Waals surface area contributed by atoms with Gasteiger partial charge in [0.2, 0.25) is 0 Å². The van der Waals surface area contributed by atoms with Gasteiger partial charge in [-0.2, -0.15) is 0 Å². The first-order chi connectivity index (χ1) is 13.7. The zero-order chi connectivity index (χ0) is 19.6. The summed E-state index contributed by atoms with van der Waals surface area (Å²) in [5.74, 6) is 0.660. The highest BCUT2D eigenvalue weighted by molar-refractivity contribution is 14.0. The Morgan fingerprint density at radius 1 is 1.10 bits per heavy atom. The highest BCUT2D eigenvalue weighted by atomic mass is 127. The van der Waals surface area contributed by atoms with Crippen LogP contribution in [0.1, 0.15) is 11.1 Å². The maximum atomic E-state index is 10.4. The van der Waals surface area contributed by atoms with Crippen LogP contribution in [0.2, 0.25) is 0 Å². The molecule has 0 bridgehead atoms. The molecule has 3 N–H and O–H groups in total. The summed E-state index contributed by atoms with van der Waals surface area (Å²) < 4.78 is 5.36. The molecule has 158 valence electrons. The van der Waals surface area contributed by atoms with E-state index in [9.17, 15) is 5.11 Å². The van der Waals surface area contributed by atoms with Crippen LogP contribution in [0.15, 0.2) is 59.6 Å². The van der Waals surface area contributed by atoms with Gasteiger partial charge in [-0.1, -0.05) is 48.0 Å². The second-order valence-corrected chi connectivity index (χ2v) is 7.09. The molecule has 29 heavy (non-hydrogen) atoms. The molecular weight excluding hydrogens is 479 g/mol. The average Bonchev–Trinajstić information content (AvgIpc) is 2.73. The molecule has 0 aliphatic carbocycles. The monoisotopic (exact) mass is 510 g/mol. The van der Waals surface area contributed by atoms with E-state index in [0.717, 1.165) is 37.6 Å². The Balaban J connectivity index is 0.00000300. The van der Waals surface area contributed by atoms with Crippen molar-refractivity contribution in [1.82, 2.24) is 10.2 Å². The molecule has 1 heterocycles. The van der Waals surface area contributed by atoms with Gasteiger partial charge in [-0.15, -0.1) is 24.0 Å². The molecule has 3 rings (SSSR count). The van der Waals surface area contributed by atoms with Gasteiger partial charge in [0, 0.05) is 31.9 Å². The Kier molecular flexibility index (Phi) is 10.4. The first kappa shape index (κ1) is 23.6. The van der Waals surface area contributed by atoms with E-state index < -0.39 is 6.10 Å². The van der Waals surface area contributed by atoms with E-state index in [1.807, 2.05) is 30.3 Å². The van der Waals surface area contributed by atoms with Crippen LogP contribution in [0.5, 0.6) is 0 Å². The van der Waals surface area contributed by atoms with Crippen molar-refractivity contribution < 1.29 is 9.84 Å². The Morgan fingerprint density at radius 3 is 2.48 bits per heavy atom. The zero-order valence-corrected chi connectivity index (χ0v) is 19.2. The third kappa shape index (κ3) is 8.69. The van der Waals surface area contributed by atoms with E-state index in [-0.39, 0.29) is 24.0 Å². The number of aliphatic hydroxyl groups is 1. The van der Waals surface area contributed by atoms with Crippen molar-refractivity contribution in [3.05, 3.63) is 65.7 Å². The number of anilines is 1. The van der Waals surface area contributed by atoms with Crippen molar-refractivity contribution in [3.8, 4) is 0 Å².